The molecule has 0 amide bonds. The molecule has 1 atom stereocenters. The monoisotopic (exact) mass is 387 g/mol. The Kier molecular flexibility index (Phi) is 5.21. The Morgan fingerprint density at radius 1 is 1.03 bits per heavy atom. The van der Waals surface area contributed by atoms with Crippen molar-refractivity contribution in [2.24, 2.45) is 0 Å². The topological polar surface area (TPSA) is 52.1 Å². The number of pyridine rings is 1. The van der Waals surface area contributed by atoms with E-state index in [1.54, 1.807) is 0 Å². The average Bonchev–Trinajstić information content (AvgIpc) is 3.40. The minimum Gasteiger partial charge on any atom is -0.395 e. The van der Waals surface area contributed by atoms with Crippen molar-refractivity contribution in [2.45, 2.75) is 51.1 Å². The Morgan fingerprint density at radius 2 is 1.97 bits per heavy atom. The molecular weight excluding hydrogens is 358 g/mol. The molecule has 0 bridgehead atoms. The van der Waals surface area contributed by atoms with Crippen LogP contribution >= 0.6 is 0 Å². The SMILES string of the molecule is OCC1CCCN1Cc1cc2cc(-c3cncc(C4=CCCCC4)c3)ccc2[nH]1. The number of allylic oxidation sites excluding steroid dienone is 2. The number of rotatable bonds is 5. The van der Waals surface area contributed by atoms with Gasteiger partial charge in [0.2, 0.25) is 0 Å². The fourth-order valence-electron chi connectivity index (χ4n) is 4.86. The van der Waals surface area contributed by atoms with Crippen LogP contribution in [0.2, 0.25) is 0 Å². The van der Waals surface area contributed by atoms with Crippen molar-refractivity contribution < 1.29 is 5.11 Å². The number of fused-ring (bicyclic) bond motifs is 1. The van der Waals surface area contributed by atoms with Gasteiger partial charge in [-0.05, 0) is 86.0 Å². The van der Waals surface area contributed by atoms with Crippen molar-refractivity contribution >= 4 is 16.5 Å². The second-order valence-electron chi connectivity index (χ2n) is 8.48. The highest BCUT2D eigenvalue weighted by Crippen LogP contribution is 2.31. The third-order valence-corrected chi connectivity index (χ3v) is 6.49. The summed E-state index contributed by atoms with van der Waals surface area (Å²) in [6.07, 6.45) is 13.6. The summed E-state index contributed by atoms with van der Waals surface area (Å²) in [6.45, 7) is 2.20. The van der Waals surface area contributed by atoms with E-state index in [4.69, 9.17) is 0 Å². The lowest BCUT2D eigenvalue weighted by atomic mass is 9.93. The van der Waals surface area contributed by atoms with Crippen molar-refractivity contribution in [1.29, 1.82) is 0 Å². The summed E-state index contributed by atoms with van der Waals surface area (Å²) in [5.41, 5.74) is 7.49. The Hall–Kier alpha value is -2.43. The van der Waals surface area contributed by atoms with Gasteiger partial charge in [-0.15, -0.1) is 0 Å². The zero-order valence-corrected chi connectivity index (χ0v) is 16.9. The first-order chi connectivity index (χ1) is 14.3. The van der Waals surface area contributed by atoms with Gasteiger partial charge in [0.15, 0.2) is 0 Å². The molecule has 1 aliphatic heterocycles. The molecule has 0 spiro atoms. The van der Waals surface area contributed by atoms with Gasteiger partial charge >= 0.3 is 0 Å². The third kappa shape index (κ3) is 3.87. The summed E-state index contributed by atoms with van der Waals surface area (Å²) in [7, 11) is 0. The summed E-state index contributed by atoms with van der Waals surface area (Å²) in [5.74, 6) is 0. The van der Waals surface area contributed by atoms with E-state index in [2.05, 4.69) is 51.3 Å². The summed E-state index contributed by atoms with van der Waals surface area (Å²) in [4.78, 5) is 10.5. The molecule has 1 saturated heterocycles. The molecule has 1 fully saturated rings. The van der Waals surface area contributed by atoms with Crippen LogP contribution < -0.4 is 0 Å². The normalized spacial score (nSPS) is 20.3. The maximum atomic E-state index is 9.57. The van der Waals surface area contributed by atoms with Gasteiger partial charge in [0.25, 0.3) is 0 Å². The first kappa shape index (κ1) is 18.6. The van der Waals surface area contributed by atoms with Crippen molar-refractivity contribution in [1.82, 2.24) is 14.9 Å². The van der Waals surface area contributed by atoms with E-state index in [9.17, 15) is 5.11 Å². The van der Waals surface area contributed by atoms with E-state index in [-0.39, 0.29) is 6.61 Å². The predicted octanol–water partition coefficient (Wildman–Crippen LogP) is 5.14. The molecule has 4 nitrogen and oxygen atoms in total. The summed E-state index contributed by atoms with van der Waals surface area (Å²) in [6, 6.07) is 11.5. The van der Waals surface area contributed by atoms with Crippen molar-refractivity contribution in [3.63, 3.8) is 0 Å². The highest BCUT2D eigenvalue weighted by Gasteiger charge is 2.24. The van der Waals surface area contributed by atoms with Gasteiger partial charge in [0.1, 0.15) is 0 Å². The first-order valence-corrected chi connectivity index (χ1v) is 10.9. The fourth-order valence-corrected chi connectivity index (χ4v) is 4.86. The number of aliphatic hydroxyl groups excluding tert-OH is 1. The van der Waals surface area contributed by atoms with Crippen molar-refractivity contribution in [3.05, 3.63) is 60.1 Å². The lowest BCUT2D eigenvalue weighted by Crippen LogP contribution is -2.31. The van der Waals surface area contributed by atoms with Gasteiger partial charge in [0.05, 0.1) is 6.61 Å². The number of aliphatic hydroxyl groups is 1. The summed E-state index contributed by atoms with van der Waals surface area (Å²) in [5, 5.41) is 10.8. The van der Waals surface area contributed by atoms with E-state index >= 15 is 0 Å². The molecule has 29 heavy (non-hydrogen) atoms. The molecular formula is C25H29N3O. The number of H-pyrrole nitrogens is 1. The quantitative estimate of drug-likeness (QED) is 0.637. The molecule has 2 N–H and O–H groups in total. The summed E-state index contributed by atoms with van der Waals surface area (Å²) < 4.78 is 0. The van der Waals surface area contributed by atoms with Crippen LogP contribution in [-0.4, -0.2) is 39.2 Å². The van der Waals surface area contributed by atoms with Gasteiger partial charge in [-0.3, -0.25) is 9.88 Å². The molecule has 1 unspecified atom stereocenters. The average molecular weight is 388 g/mol. The van der Waals surface area contributed by atoms with Gasteiger partial charge in [-0.25, -0.2) is 0 Å². The lowest BCUT2D eigenvalue weighted by Gasteiger charge is -2.21. The highest BCUT2D eigenvalue weighted by atomic mass is 16.3. The standard InChI is InChI=1S/C25H29N3O/c29-17-24-7-4-10-28(24)16-23-13-20-11-19(8-9-25(20)27-23)22-12-21(14-26-15-22)18-5-2-1-3-6-18/h5,8-9,11-15,24,27,29H,1-4,6-7,10,16-17H2. The highest BCUT2D eigenvalue weighted by molar-refractivity contribution is 5.86. The lowest BCUT2D eigenvalue weighted by molar-refractivity contribution is 0.152. The van der Waals surface area contributed by atoms with Crippen LogP contribution in [-0.2, 0) is 6.54 Å². The number of aromatic amines is 1. The van der Waals surface area contributed by atoms with Crippen LogP contribution in [0, 0.1) is 0 Å². The number of nitrogens with zero attached hydrogens (tertiary/aromatic N) is 2. The summed E-state index contributed by atoms with van der Waals surface area (Å²) >= 11 is 0. The van der Waals surface area contributed by atoms with Crippen LogP contribution in [0.15, 0.2) is 48.8 Å². The Bertz CT molecular complexity index is 1040. The molecule has 3 heterocycles. The molecule has 0 radical (unpaired) electrons. The zero-order valence-electron chi connectivity index (χ0n) is 16.9. The molecule has 1 aromatic carbocycles. The molecule has 3 aromatic rings. The largest absolute Gasteiger partial charge is 0.395 e. The molecule has 5 rings (SSSR count). The minimum absolute atomic E-state index is 0.254. The van der Waals surface area contributed by atoms with Crippen LogP contribution in [0.1, 0.15) is 49.8 Å². The number of aromatic nitrogens is 2. The Balaban J connectivity index is 1.41. The van der Waals surface area contributed by atoms with Crippen LogP contribution in [0.5, 0.6) is 0 Å². The Morgan fingerprint density at radius 3 is 2.83 bits per heavy atom. The maximum Gasteiger partial charge on any atom is 0.0587 e. The fraction of sp³-hybridized carbons (Fsp3) is 0.400. The number of likely N-dealkylation sites (tertiary alicyclic amines) is 1. The van der Waals surface area contributed by atoms with E-state index in [1.165, 1.54) is 64.5 Å². The minimum atomic E-state index is 0.254. The molecule has 150 valence electrons. The zero-order chi connectivity index (χ0) is 19.6. The molecule has 2 aliphatic rings. The third-order valence-electron chi connectivity index (χ3n) is 6.49. The number of hydrogen-bond donors (Lipinski definition) is 2. The van der Waals surface area contributed by atoms with Crippen LogP contribution in [0.25, 0.3) is 27.6 Å². The van der Waals surface area contributed by atoms with Crippen LogP contribution in [0.4, 0.5) is 0 Å². The molecule has 2 aromatic heterocycles. The van der Waals surface area contributed by atoms with Crippen molar-refractivity contribution in [2.75, 3.05) is 13.2 Å². The van der Waals surface area contributed by atoms with Gasteiger partial charge in [-0.2, -0.15) is 0 Å². The number of nitrogens with one attached hydrogen (secondary N) is 1. The number of hydrogen-bond acceptors (Lipinski definition) is 3. The second kappa shape index (κ2) is 8.13. The molecule has 1 aliphatic carbocycles. The van der Waals surface area contributed by atoms with E-state index in [1.807, 2.05) is 12.4 Å². The predicted molar refractivity (Wildman–Crippen MR) is 118 cm³/mol. The van der Waals surface area contributed by atoms with Gasteiger partial charge < -0.3 is 10.1 Å². The molecule has 0 saturated carbocycles. The first-order valence-electron chi connectivity index (χ1n) is 10.9. The van der Waals surface area contributed by atoms with E-state index < -0.39 is 0 Å². The van der Waals surface area contributed by atoms with E-state index in [0.717, 1.165) is 25.9 Å². The van der Waals surface area contributed by atoms with Crippen LogP contribution in [0.3, 0.4) is 0 Å². The number of benzene rings is 1. The van der Waals surface area contributed by atoms with Gasteiger partial charge in [-0.1, -0.05) is 12.1 Å². The maximum absolute atomic E-state index is 9.57. The van der Waals surface area contributed by atoms with E-state index in [0.29, 0.717) is 6.04 Å². The Labute approximate surface area is 172 Å². The second-order valence-corrected chi connectivity index (χ2v) is 8.48. The smallest absolute Gasteiger partial charge is 0.0587 e. The molecule has 4 heteroatoms. The van der Waals surface area contributed by atoms with Crippen molar-refractivity contribution in [3.8, 4) is 11.1 Å². The van der Waals surface area contributed by atoms with Gasteiger partial charge in [0, 0.05) is 47.1 Å².